The van der Waals surface area contributed by atoms with Gasteiger partial charge >= 0.3 is 0 Å². The maximum absolute atomic E-state index is 12.9. The molecule has 1 amide bonds. The van der Waals surface area contributed by atoms with Crippen molar-refractivity contribution in [2.75, 3.05) is 5.75 Å². The zero-order chi connectivity index (χ0) is 20.3. The van der Waals surface area contributed by atoms with E-state index in [1.54, 1.807) is 4.57 Å². The van der Waals surface area contributed by atoms with Crippen LogP contribution in [-0.4, -0.2) is 36.9 Å². The summed E-state index contributed by atoms with van der Waals surface area (Å²) in [6.07, 6.45) is 1.87. The van der Waals surface area contributed by atoms with Crippen LogP contribution in [0.4, 0.5) is 0 Å². The molecule has 1 atom stereocenters. The molecular weight excluding hydrogens is 374 g/mol. The minimum Gasteiger partial charge on any atom is -0.353 e. The average molecular weight is 402 g/mol. The summed E-state index contributed by atoms with van der Waals surface area (Å²) in [5.41, 5.74) is 0.711. The van der Waals surface area contributed by atoms with Crippen LogP contribution >= 0.6 is 11.8 Å². The molecule has 0 fully saturated rings. The largest absolute Gasteiger partial charge is 0.353 e. The maximum atomic E-state index is 12.9. The summed E-state index contributed by atoms with van der Waals surface area (Å²) >= 11 is 1.33. The standard InChI is InChI=1S/C20H27N5O2S/c1-5-6-11-24-18(27)15-9-7-8-10-16(15)25-19(24)22-23-20(25)28-12-17(26)21-14(4)13(2)3/h7-10,13-14H,5-6,11-12H2,1-4H3,(H,21,26)/t14-/m0/s1. The molecule has 7 nitrogen and oxygen atoms in total. The molecule has 2 heterocycles. The van der Waals surface area contributed by atoms with Gasteiger partial charge in [0.2, 0.25) is 11.7 Å². The van der Waals surface area contributed by atoms with Crippen LogP contribution < -0.4 is 10.9 Å². The highest BCUT2D eigenvalue weighted by atomic mass is 32.2. The third-order valence-corrected chi connectivity index (χ3v) is 5.86. The van der Waals surface area contributed by atoms with Crippen LogP contribution in [0.2, 0.25) is 0 Å². The number of hydrogen-bond donors (Lipinski definition) is 1. The third-order valence-electron chi connectivity index (χ3n) is 4.93. The van der Waals surface area contributed by atoms with Crippen molar-refractivity contribution in [3.8, 4) is 0 Å². The molecule has 0 aliphatic heterocycles. The Morgan fingerprint density at radius 2 is 1.96 bits per heavy atom. The molecule has 0 aliphatic rings. The predicted molar refractivity (Wildman–Crippen MR) is 113 cm³/mol. The van der Waals surface area contributed by atoms with Gasteiger partial charge in [0.15, 0.2) is 5.16 Å². The summed E-state index contributed by atoms with van der Waals surface area (Å²) in [6.45, 7) is 8.83. The lowest BCUT2D eigenvalue weighted by Gasteiger charge is -2.17. The van der Waals surface area contributed by atoms with Crippen molar-refractivity contribution < 1.29 is 4.79 Å². The van der Waals surface area contributed by atoms with Gasteiger partial charge in [-0.2, -0.15) is 0 Å². The molecule has 0 spiro atoms. The van der Waals surface area contributed by atoms with E-state index in [2.05, 4.69) is 36.3 Å². The molecule has 1 N–H and O–H groups in total. The van der Waals surface area contributed by atoms with E-state index in [1.165, 1.54) is 11.8 Å². The van der Waals surface area contributed by atoms with E-state index in [1.807, 2.05) is 35.6 Å². The first-order chi connectivity index (χ1) is 13.4. The van der Waals surface area contributed by atoms with E-state index in [9.17, 15) is 9.59 Å². The number of carbonyl (C=O) groups excluding carboxylic acids is 1. The second-order valence-corrected chi connectivity index (χ2v) is 8.28. The van der Waals surface area contributed by atoms with Crippen molar-refractivity contribution >= 4 is 34.3 Å². The second-order valence-electron chi connectivity index (χ2n) is 7.33. The first kappa shape index (κ1) is 20.4. The topological polar surface area (TPSA) is 81.3 Å². The molecule has 2 aromatic heterocycles. The van der Waals surface area contributed by atoms with Crippen molar-refractivity contribution in [2.45, 2.75) is 58.3 Å². The number of amides is 1. The number of nitrogens with one attached hydrogen (secondary N) is 1. The number of aryl methyl sites for hydroxylation is 1. The number of benzene rings is 1. The van der Waals surface area contributed by atoms with E-state index < -0.39 is 0 Å². The second kappa shape index (κ2) is 8.77. The molecule has 1 aromatic carbocycles. The van der Waals surface area contributed by atoms with E-state index >= 15 is 0 Å². The molecule has 28 heavy (non-hydrogen) atoms. The van der Waals surface area contributed by atoms with Crippen LogP contribution in [-0.2, 0) is 11.3 Å². The molecule has 3 aromatic rings. The lowest BCUT2D eigenvalue weighted by molar-refractivity contribution is -0.119. The smallest absolute Gasteiger partial charge is 0.262 e. The quantitative estimate of drug-likeness (QED) is 0.587. The predicted octanol–water partition coefficient (Wildman–Crippen LogP) is 3.10. The average Bonchev–Trinajstić information content (AvgIpc) is 3.10. The van der Waals surface area contributed by atoms with E-state index in [4.69, 9.17) is 0 Å². The van der Waals surface area contributed by atoms with Gasteiger partial charge in [-0.1, -0.05) is 51.1 Å². The summed E-state index contributed by atoms with van der Waals surface area (Å²) in [7, 11) is 0. The SMILES string of the molecule is CCCCn1c(=O)c2ccccc2n2c(SCC(=O)N[C@@H](C)C(C)C)nnc12. The van der Waals surface area contributed by atoms with Gasteiger partial charge < -0.3 is 5.32 Å². The molecule has 150 valence electrons. The van der Waals surface area contributed by atoms with Crippen LogP contribution in [0.25, 0.3) is 16.7 Å². The Morgan fingerprint density at radius 1 is 1.21 bits per heavy atom. The van der Waals surface area contributed by atoms with Crippen molar-refractivity contribution in [3.63, 3.8) is 0 Å². The number of unbranched alkanes of at least 4 members (excludes halogenated alkanes) is 1. The van der Waals surface area contributed by atoms with Gasteiger partial charge in [0.1, 0.15) is 0 Å². The van der Waals surface area contributed by atoms with Gasteiger partial charge in [-0.25, -0.2) is 0 Å². The lowest BCUT2D eigenvalue weighted by Crippen LogP contribution is -2.37. The molecule has 0 aliphatic carbocycles. The van der Waals surface area contributed by atoms with E-state index in [0.29, 0.717) is 28.8 Å². The summed E-state index contributed by atoms with van der Waals surface area (Å²) in [6, 6.07) is 7.58. The zero-order valence-electron chi connectivity index (χ0n) is 16.8. The molecule has 3 rings (SSSR count). The summed E-state index contributed by atoms with van der Waals surface area (Å²) in [5, 5.41) is 12.8. The molecule has 0 saturated carbocycles. The minimum atomic E-state index is -0.0519. The van der Waals surface area contributed by atoms with Gasteiger partial charge in [0.05, 0.1) is 16.7 Å². The van der Waals surface area contributed by atoms with Crippen molar-refractivity contribution in [1.82, 2.24) is 24.5 Å². The van der Waals surface area contributed by atoms with Gasteiger partial charge in [-0.3, -0.25) is 18.6 Å². The van der Waals surface area contributed by atoms with Crippen LogP contribution in [0.3, 0.4) is 0 Å². The summed E-state index contributed by atoms with van der Waals surface area (Å²) in [5.74, 6) is 1.11. The van der Waals surface area contributed by atoms with Crippen molar-refractivity contribution in [1.29, 1.82) is 0 Å². The molecule has 0 bridgehead atoms. The number of rotatable bonds is 8. The molecule has 8 heteroatoms. The molecule has 0 unspecified atom stereocenters. The summed E-state index contributed by atoms with van der Waals surface area (Å²) < 4.78 is 3.57. The van der Waals surface area contributed by atoms with Gasteiger partial charge in [-0.05, 0) is 31.4 Å². The van der Waals surface area contributed by atoms with E-state index in [-0.39, 0.29) is 23.3 Å². The number of hydrogen-bond acceptors (Lipinski definition) is 5. The monoisotopic (exact) mass is 401 g/mol. The number of nitrogens with zero attached hydrogens (tertiary/aromatic N) is 4. The van der Waals surface area contributed by atoms with E-state index in [0.717, 1.165) is 18.4 Å². The fourth-order valence-electron chi connectivity index (χ4n) is 2.94. The highest BCUT2D eigenvalue weighted by molar-refractivity contribution is 7.99. The Balaban J connectivity index is 1.97. The normalized spacial score (nSPS) is 12.8. The number of thioether (sulfide) groups is 1. The fraction of sp³-hybridized carbons (Fsp3) is 0.500. The highest BCUT2D eigenvalue weighted by Crippen LogP contribution is 2.21. The number of para-hydroxylation sites is 1. The Kier molecular flexibility index (Phi) is 6.39. The molecular formula is C20H27N5O2S. The van der Waals surface area contributed by atoms with Crippen LogP contribution in [0.15, 0.2) is 34.2 Å². The fourth-order valence-corrected chi connectivity index (χ4v) is 3.69. The van der Waals surface area contributed by atoms with Gasteiger partial charge in [0.25, 0.3) is 5.56 Å². The van der Waals surface area contributed by atoms with Crippen LogP contribution in [0.1, 0.15) is 40.5 Å². The lowest BCUT2D eigenvalue weighted by atomic mass is 10.1. The highest BCUT2D eigenvalue weighted by Gasteiger charge is 2.18. The zero-order valence-corrected chi connectivity index (χ0v) is 17.6. The first-order valence-corrected chi connectivity index (χ1v) is 10.7. The van der Waals surface area contributed by atoms with Gasteiger partial charge in [-0.15, -0.1) is 10.2 Å². The molecule has 0 radical (unpaired) electrons. The minimum absolute atomic E-state index is 0.0356. The van der Waals surface area contributed by atoms with Crippen LogP contribution in [0, 0.1) is 5.92 Å². The number of fused-ring (bicyclic) bond motifs is 3. The third kappa shape index (κ3) is 4.06. The Bertz CT molecular complexity index is 1040. The van der Waals surface area contributed by atoms with Crippen LogP contribution in [0.5, 0.6) is 0 Å². The number of aromatic nitrogens is 4. The molecule has 0 saturated heterocycles. The maximum Gasteiger partial charge on any atom is 0.262 e. The number of carbonyl (C=O) groups is 1. The van der Waals surface area contributed by atoms with Crippen molar-refractivity contribution in [3.05, 3.63) is 34.6 Å². The Labute approximate surface area is 168 Å². The van der Waals surface area contributed by atoms with Crippen molar-refractivity contribution in [2.24, 2.45) is 5.92 Å². The Morgan fingerprint density at radius 3 is 2.68 bits per heavy atom. The van der Waals surface area contributed by atoms with Gasteiger partial charge in [0, 0.05) is 12.6 Å². The first-order valence-electron chi connectivity index (χ1n) is 9.72. The summed E-state index contributed by atoms with van der Waals surface area (Å²) in [4.78, 5) is 25.2. The Hall–Kier alpha value is -2.35.